The van der Waals surface area contributed by atoms with E-state index in [9.17, 15) is 14.4 Å². The van der Waals surface area contributed by atoms with Crippen LogP contribution >= 0.6 is 0 Å². The minimum Gasteiger partial charge on any atom is -0.444 e. The monoisotopic (exact) mass is 412 g/mol. The van der Waals surface area contributed by atoms with Crippen LogP contribution in [0.2, 0.25) is 0 Å². The molecule has 2 N–H and O–H groups in total. The molecule has 29 heavy (non-hydrogen) atoms. The number of ether oxygens (including phenoxy) is 1. The van der Waals surface area contributed by atoms with Gasteiger partial charge in [-0.15, -0.1) is 0 Å². The van der Waals surface area contributed by atoms with Crippen LogP contribution in [0, 0.1) is 0 Å². The maximum Gasteiger partial charge on any atom is 0.408 e. The third-order valence-corrected chi connectivity index (χ3v) is 4.51. The van der Waals surface area contributed by atoms with Gasteiger partial charge < -0.3 is 15.3 Å². The highest BCUT2D eigenvalue weighted by Gasteiger charge is 2.51. The van der Waals surface area contributed by atoms with Crippen molar-refractivity contribution in [3.63, 3.8) is 0 Å². The summed E-state index contributed by atoms with van der Waals surface area (Å²) in [5, 5.41) is 14.4. The summed E-state index contributed by atoms with van der Waals surface area (Å²) in [6.07, 6.45) is 0.196. The number of amides is 1. The van der Waals surface area contributed by atoms with Gasteiger partial charge in [-0.1, -0.05) is 58.0 Å². The van der Waals surface area contributed by atoms with Crippen molar-refractivity contribution in [2.45, 2.75) is 105 Å². The van der Waals surface area contributed by atoms with Crippen LogP contribution in [0.15, 0.2) is 30.3 Å². The Morgan fingerprint density at radius 3 is 2.10 bits per heavy atom. The normalized spacial score (nSPS) is 16.8. The molecule has 1 amide bonds. The summed E-state index contributed by atoms with van der Waals surface area (Å²) in [7, 11) is 0. The first-order chi connectivity index (χ1) is 13.6. The zero-order valence-corrected chi connectivity index (χ0v) is 19.5. The summed E-state index contributed by atoms with van der Waals surface area (Å²) < 4.78 is 19.8. The SMILES string of the molecule is CC.CC.CC(F)C(N(O)Cc1ccccc1)C1(NC(=O)OC(C)(C)C)CCC1. The van der Waals surface area contributed by atoms with Crippen molar-refractivity contribution in [2.24, 2.45) is 0 Å². The second-order valence-corrected chi connectivity index (χ2v) is 7.84. The summed E-state index contributed by atoms with van der Waals surface area (Å²) in [4.78, 5) is 12.2. The van der Waals surface area contributed by atoms with Crippen LogP contribution in [0.3, 0.4) is 0 Å². The Kier molecular flexibility index (Phi) is 12.1. The standard InChI is InChI=1S/C19H29FN2O3.2C2H6/c1-14(20)16(22(24)13-15-9-6-5-7-10-15)19(11-8-12-19)21-17(23)25-18(2,3)4;2*1-2/h5-7,9-10,14,16,24H,8,11-13H2,1-4H3,(H,21,23);2*1-2H3. The predicted octanol–water partition coefficient (Wildman–Crippen LogP) is 6.10. The molecule has 0 heterocycles. The maximum atomic E-state index is 14.4. The van der Waals surface area contributed by atoms with E-state index in [0.717, 1.165) is 17.0 Å². The molecule has 2 rings (SSSR count). The molecule has 1 aliphatic rings. The van der Waals surface area contributed by atoms with Gasteiger partial charge in [-0.25, -0.2) is 9.18 Å². The fraction of sp³-hybridized carbons (Fsp3) is 0.696. The molecular weight excluding hydrogens is 371 g/mol. The zero-order valence-electron chi connectivity index (χ0n) is 19.5. The van der Waals surface area contributed by atoms with E-state index in [-0.39, 0.29) is 6.54 Å². The minimum absolute atomic E-state index is 0.192. The lowest BCUT2D eigenvalue weighted by Gasteiger charge is -2.50. The van der Waals surface area contributed by atoms with E-state index in [1.54, 1.807) is 20.8 Å². The molecule has 0 spiro atoms. The fourth-order valence-corrected chi connectivity index (χ4v) is 3.39. The van der Waals surface area contributed by atoms with Gasteiger partial charge in [-0.05, 0) is 52.5 Å². The fourth-order valence-electron chi connectivity index (χ4n) is 3.39. The summed E-state index contributed by atoms with van der Waals surface area (Å²) in [5.74, 6) is 0. The molecule has 0 saturated heterocycles. The van der Waals surface area contributed by atoms with Crippen molar-refractivity contribution < 1.29 is 19.1 Å². The van der Waals surface area contributed by atoms with Crippen molar-refractivity contribution >= 4 is 6.09 Å². The summed E-state index contributed by atoms with van der Waals surface area (Å²) in [6.45, 7) is 14.9. The van der Waals surface area contributed by atoms with Gasteiger partial charge in [0, 0.05) is 6.54 Å². The van der Waals surface area contributed by atoms with Crippen LogP contribution in [0.25, 0.3) is 0 Å². The Morgan fingerprint density at radius 2 is 1.72 bits per heavy atom. The number of alkyl halides is 1. The lowest BCUT2D eigenvalue weighted by Crippen LogP contribution is -2.68. The average molecular weight is 413 g/mol. The number of nitrogens with zero attached hydrogens (tertiary/aromatic N) is 1. The number of halogens is 1. The molecule has 0 aliphatic heterocycles. The van der Waals surface area contributed by atoms with Crippen LogP contribution < -0.4 is 5.32 Å². The van der Waals surface area contributed by atoms with Gasteiger partial charge >= 0.3 is 6.09 Å². The average Bonchev–Trinajstić information content (AvgIpc) is 2.62. The molecule has 1 saturated carbocycles. The molecule has 1 fully saturated rings. The maximum absolute atomic E-state index is 14.4. The number of nitrogens with one attached hydrogen (secondary N) is 1. The van der Waals surface area contributed by atoms with Crippen molar-refractivity contribution in [1.82, 2.24) is 10.4 Å². The predicted molar refractivity (Wildman–Crippen MR) is 117 cm³/mol. The largest absolute Gasteiger partial charge is 0.444 e. The van der Waals surface area contributed by atoms with E-state index in [4.69, 9.17) is 4.74 Å². The highest BCUT2D eigenvalue weighted by atomic mass is 19.1. The van der Waals surface area contributed by atoms with Crippen LogP contribution in [-0.4, -0.2) is 39.7 Å². The lowest BCUT2D eigenvalue weighted by atomic mass is 9.70. The van der Waals surface area contributed by atoms with Crippen LogP contribution in [-0.2, 0) is 11.3 Å². The number of benzene rings is 1. The molecule has 1 aliphatic carbocycles. The van der Waals surface area contributed by atoms with Gasteiger partial charge in [-0.2, -0.15) is 5.06 Å². The minimum atomic E-state index is -1.32. The van der Waals surface area contributed by atoms with Crippen LogP contribution in [0.1, 0.15) is 80.2 Å². The Labute approximate surface area is 176 Å². The first-order valence-corrected chi connectivity index (χ1v) is 10.8. The van der Waals surface area contributed by atoms with Gasteiger partial charge in [0.05, 0.1) is 11.6 Å². The van der Waals surface area contributed by atoms with Crippen LogP contribution in [0.4, 0.5) is 9.18 Å². The summed E-state index contributed by atoms with van der Waals surface area (Å²) >= 11 is 0. The van der Waals surface area contributed by atoms with E-state index < -0.39 is 29.4 Å². The molecule has 0 bridgehead atoms. The molecule has 6 heteroatoms. The van der Waals surface area contributed by atoms with Crippen molar-refractivity contribution in [2.75, 3.05) is 0 Å². The Bertz CT molecular complexity index is 569. The second kappa shape index (κ2) is 12.8. The van der Waals surface area contributed by atoms with Crippen molar-refractivity contribution in [1.29, 1.82) is 0 Å². The highest BCUT2D eigenvalue weighted by molar-refractivity contribution is 5.69. The number of carbonyl (C=O) groups excluding carboxylic acids is 1. The first kappa shape index (κ1) is 27.3. The van der Waals surface area contributed by atoms with Gasteiger partial charge in [-0.3, -0.25) is 0 Å². The third-order valence-electron chi connectivity index (χ3n) is 4.51. The molecule has 1 aromatic rings. The number of hydrogen-bond donors (Lipinski definition) is 2. The Hall–Kier alpha value is -1.66. The van der Waals surface area contributed by atoms with Crippen molar-refractivity contribution in [3.8, 4) is 0 Å². The van der Waals surface area contributed by atoms with Gasteiger partial charge in [0.1, 0.15) is 11.8 Å². The third kappa shape index (κ3) is 8.70. The van der Waals surface area contributed by atoms with E-state index >= 15 is 0 Å². The molecule has 1 aromatic carbocycles. The number of carbonyl (C=O) groups is 1. The highest BCUT2D eigenvalue weighted by Crippen LogP contribution is 2.39. The Balaban J connectivity index is 0.00000184. The molecule has 2 atom stereocenters. The van der Waals surface area contributed by atoms with E-state index in [1.807, 2.05) is 58.0 Å². The number of hydrogen-bond acceptors (Lipinski definition) is 4. The number of rotatable bonds is 6. The first-order valence-electron chi connectivity index (χ1n) is 10.8. The zero-order chi connectivity index (χ0) is 22.7. The van der Waals surface area contributed by atoms with E-state index in [0.29, 0.717) is 12.8 Å². The molecule has 0 radical (unpaired) electrons. The molecule has 2 unspecified atom stereocenters. The second-order valence-electron chi connectivity index (χ2n) is 7.84. The van der Waals surface area contributed by atoms with Crippen molar-refractivity contribution in [3.05, 3.63) is 35.9 Å². The summed E-state index contributed by atoms with van der Waals surface area (Å²) in [5.41, 5.74) is -0.572. The number of alkyl carbamates (subject to hydrolysis) is 1. The molecule has 5 nitrogen and oxygen atoms in total. The van der Waals surface area contributed by atoms with E-state index in [2.05, 4.69) is 5.32 Å². The molecule has 0 aromatic heterocycles. The quantitative estimate of drug-likeness (QED) is 0.554. The van der Waals surface area contributed by atoms with Gasteiger partial charge in [0.15, 0.2) is 0 Å². The lowest BCUT2D eigenvalue weighted by molar-refractivity contribution is -0.184. The topological polar surface area (TPSA) is 61.8 Å². The molecule has 168 valence electrons. The van der Waals surface area contributed by atoms with E-state index in [1.165, 1.54) is 6.92 Å². The van der Waals surface area contributed by atoms with Crippen LogP contribution in [0.5, 0.6) is 0 Å². The Morgan fingerprint density at radius 1 is 1.21 bits per heavy atom. The van der Waals surface area contributed by atoms with Gasteiger partial charge in [0.2, 0.25) is 0 Å². The van der Waals surface area contributed by atoms with Gasteiger partial charge in [0.25, 0.3) is 0 Å². The number of hydroxylamine groups is 2. The molecular formula is C23H41FN2O3. The summed E-state index contributed by atoms with van der Waals surface area (Å²) in [6, 6.07) is 8.53. The smallest absolute Gasteiger partial charge is 0.408 e.